The minimum absolute atomic E-state index is 0.0404. The maximum atomic E-state index is 13.2. The smallest absolute Gasteiger partial charge is 0.244 e. The Balaban J connectivity index is 1.12. The molecule has 3 aromatic carbocycles. The number of thioether (sulfide) groups is 1. The summed E-state index contributed by atoms with van der Waals surface area (Å²) in [5.41, 5.74) is 1.57. The lowest BCUT2D eigenvalue weighted by Gasteiger charge is -2.31. The molecule has 37 heavy (non-hydrogen) atoms. The van der Waals surface area contributed by atoms with Gasteiger partial charge in [0, 0.05) is 36.7 Å². The van der Waals surface area contributed by atoms with Crippen molar-refractivity contribution >= 4 is 23.4 Å². The van der Waals surface area contributed by atoms with Gasteiger partial charge in [-0.05, 0) is 55.9 Å². The van der Waals surface area contributed by atoms with E-state index in [2.05, 4.69) is 4.90 Å². The summed E-state index contributed by atoms with van der Waals surface area (Å²) in [5, 5.41) is 9.66. The first-order valence-electron chi connectivity index (χ1n) is 12.2. The molecule has 9 heteroatoms. The number of anilines is 1. The number of carbonyl (C=O) groups is 1. The first kappa shape index (κ1) is 25.1. The van der Waals surface area contributed by atoms with E-state index in [-0.39, 0.29) is 18.4 Å². The van der Waals surface area contributed by atoms with Crippen molar-refractivity contribution < 1.29 is 28.8 Å². The van der Waals surface area contributed by atoms with Crippen molar-refractivity contribution in [2.75, 3.05) is 52.1 Å². The van der Waals surface area contributed by atoms with Gasteiger partial charge in [-0.2, -0.15) is 0 Å². The van der Waals surface area contributed by atoms with E-state index >= 15 is 0 Å². The van der Waals surface area contributed by atoms with Gasteiger partial charge < -0.3 is 33.9 Å². The summed E-state index contributed by atoms with van der Waals surface area (Å²) in [6, 6.07) is 18.4. The minimum atomic E-state index is -0.488. The Bertz CT molecular complexity index is 1270. The predicted octanol–water partition coefficient (Wildman–Crippen LogP) is 4.71. The number of amides is 1. The fourth-order valence-electron chi connectivity index (χ4n) is 4.29. The van der Waals surface area contributed by atoms with Crippen molar-refractivity contribution in [1.82, 2.24) is 4.90 Å². The van der Waals surface area contributed by atoms with E-state index in [0.29, 0.717) is 30.3 Å². The second-order valence-corrected chi connectivity index (χ2v) is 10.1. The molecule has 0 aliphatic carbocycles. The lowest BCUT2D eigenvalue weighted by molar-refractivity contribution is -0.118. The topological polar surface area (TPSA) is 80.7 Å². The Morgan fingerprint density at radius 1 is 1.03 bits per heavy atom. The van der Waals surface area contributed by atoms with Crippen LogP contribution in [-0.2, 0) is 4.79 Å². The third-order valence-electron chi connectivity index (χ3n) is 6.33. The average Bonchev–Trinajstić information content (AvgIpc) is 3.37. The SMILES string of the molecule is CN(CCCOc1ccc(O)cc1[C@@H]1Sc2ccccc2N(C)C1=O)CCOc1ccc2c(c1)OCO2. The van der Waals surface area contributed by atoms with Crippen LogP contribution in [0.5, 0.6) is 28.7 Å². The second-order valence-electron chi connectivity index (χ2n) is 8.95. The summed E-state index contributed by atoms with van der Waals surface area (Å²) in [4.78, 5) is 18.0. The number of aromatic hydroxyl groups is 1. The van der Waals surface area contributed by atoms with E-state index in [9.17, 15) is 9.90 Å². The van der Waals surface area contributed by atoms with Crippen molar-refractivity contribution in [1.29, 1.82) is 0 Å². The fourth-order valence-corrected chi connectivity index (χ4v) is 5.60. The summed E-state index contributed by atoms with van der Waals surface area (Å²) < 4.78 is 22.7. The monoisotopic (exact) mass is 522 g/mol. The lowest BCUT2D eigenvalue weighted by atomic mass is 10.1. The highest BCUT2D eigenvalue weighted by Crippen LogP contribution is 2.48. The van der Waals surface area contributed by atoms with Crippen molar-refractivity contribution in [2.24, 2.45) is 0 Å². The van der Waals surface area contributed by atoms with Crippen molar-refractivity contribution in [2.45, 2.75) is 16.6 Å². The molecule has 5 rings (SSSR count). The van der Waals surface area contributed by atoms with Crippen molar-refractivity contribution in [3.8, 4) is 28.7 Å². The second kappa shape index (κ2) is 11.2. The number of fused-ring (bicyclic) bond motifs is 2. The molecule has 0 aromatic heterocycles. The zero-order chi connectivity index (χ0) is 25.8. The number of para-hydroxylation sites is 1. The lowest BCUT2D eigenvalue weighted by Crippen LogP contribution is -2.33. The van der Waals surface area contributed by atoms with Gasteiger partial charge in [0.05, 0.1) is 12.3 Å². The third kappa shape index (κ3) is 5.73. The first-order valence-corrected chi connectivity index (χ1v) is 13.1. The molecule has 3 aromatic rings. The molecular formula is C28H30N2O6S. The normalized spacial score (nSPS) is 16.1. The molecule has 1 N–H and O–H groups in total. The molecule has 0 spiro atoms. The van der Waals surface area contributed by atoms with E-state index in [1.165, 1.54) is 11.8 Å². The van der Waals surface area contributed by atoms with Gasteiger partial charge in [-0.3, -0.25) is 4.79 Å². The molecule has 1 atom stereocenters. The molecule has 0 fully saturated rings. The minimum Gasteiger partial charge on any atom is -0.508 e. The highest BCUT2D eigenvalue weighted by atomic mass is 32.2. The first-order chi connectivity index (χ1) is 18.0. The Labute approximate surface area is 220 Å². The van der Waals surface area contributed by atoms with Crippen LogP contribution in [0.3, 0.4) is 0 Å². The van der Waals surface area contributed by atoms with E-state index in [1.54, 1.807) is 30.1 Å². The van der Waals surface area contributed by atoms with E-state index < -0.39 is 5.25 Å². The highest BCUT2D eigenvalue weighted by molar-refractivity contribution is 8.00. The Hall–Kier alpha value is -3.56. The number of rotatable bonds is 10. The van der Waals surface area contributed by atoms with Gasteiger partial charge >= 0.3 is 0 Å². The fraction of sp³-hybridized carbons (Fsp3) is 0.321. The molecule has 0 saturated heterocycles. The van der Waals surface area contributed by atoms with Crippen LogP contribution in [0.4, 0.5) is 5.69 Å². The van der Waals surface area contributed by atoms with Crippen LogP contribution in [0.1, 0.15) is 17.2 Å². The Morgan fingerprint density at radius 3 is 2.76 bits per heavy atom. The van der Waals surface area contributed by atoms with Crippen LogP contribution < -0.4 is 23.8 Å². The molecule has 0 unspecified atom stereocenters. The van der Waals surface area contributed by atoms with Gasteiger partial charge in [-0.1, -0.05) is 12.1 Å². The van der Waals surface area contributed by atoms with Gasteiger partial charge in [-0.25, -0.2) is 0 Å². The van der Waals surface area contributed by atoms with Gasteiger partial charge in [0.25, 0.3) is 0 Å². The molecule has 8 nitrogen and oxygen atoms in total. The van der Waals surface area contributed by atoms with Crippen LogP contribution in [0.25, 0.3) is 0 Å². The summed E-state index contributed by atoms with van der Waals surface area (Å²) >= 11 is 1.48. The molecule has 2 aliphatic heterocycles. The van der Waals surface area contributed by atoms with Crippen molar-refractivity contribution in [3.05, 3.63) is 66.2 Å². The molecule has 0 bridgehead atoms. The summed E-state index contributed by atoms with van der Waals surface area (Å²) in [7, 11) is 3.82. The predicted molar refractivity (Wildman–Crippen MR) is 142 cm³/mol. The van der Waals surface area contributed by atoms with Crippen LogP contribution in [-0.4, -0.2) is 63.1 Å². The van der Waals surface area contributed by atoms with Gasteiger partial charge in [0.1, 0.15) is 29.1 Å². The molecule has 194 valence electrons. The zero-order valence-corrected chi connectivity index (χ0v) is 21.7. The van der Waals surface area contributed by atoms with Crippen molar-refractivity contribution in [3.63, 3.8) is 0 Å². The third-order valence-corrected chi connectivity index (χ3v) is 7.62. The van der Waals surface area contributed by atoms with E-state index in [0.717, 1.165) is 41.6 Å². The molecule has 2 aliphatic rings. The molecule has 0 saturated carbocycles. The largest absolute Gasteiger partial charge is 0.508 e. The molecule has 0 radical (unpaired) electrons. The van der Waals surface area contributed by atoms with Gasteiger partial charge in [-0.15, -0.1) is 11.8 Å². The van der Waals surface area contributed by atoms with E-state index in [4.69, 9.17) is 18.9 Å². The Morgan fingerprint density at radius 2 is 1.86 bits per heavy atom. The number of nitrogens with zero attached hydrogens (tertiary/aromatic N) is 2. The summed E-state index contributed by atoms with van der Waals surface area (Å²) in [6.07, 6.45) is 0.801. The maximum absolute atomic E-state index is 13.2. The van der Waals surface area contributed by atoms with Crippen LogP contribution >= 0.6 is 11.8 Å². The van der Waals surface area contributed by atoms with Crippen LogP contribution in [0.15, 0.2) is 65.6 Å². The van der Waals surface area contributed by atoms with Gasteiger partial charge in [0.15, 0.2) is 11.5 Å². The quantitative estimate of drug-likeness (QED) is 0.384. The number of phenols is 1. The number of benzene rings is 3. The number of hydrogen-bond acceptors (Lipinski definition) is 8. The summed E-state index contributed by atoms with van der Waals surface area (Å²) in [6.45, 7) is 2.87. The molecule has 1 amide bonds. The average molecular weight is 523 g/mol. The summed E-state index contributed by atoms with van der Waals surface area (Å²) in [5.74, 6) is 2.89. The number of ether oxygens (including phenoxy) is 4. The standard InChI is InChI=1S/C28H30N2O6S/c1-29(13-15-33-20-9-11-24-25(17-20)36-18-35-24)12-5-14-34-23-10-8-19(31)16-21(23)27-28(32)30(2)22-6-3-4-7-26(22)37-27/h3-4,6-11,16-17,27,31H,5,12-15,18H2,1-2H3/t27-/m0/s1. The number of hydrogen-bond donors (Lipinski definition) is 1. The molecule has 2 heterocycles. The number of likely N-dealkylation sites (N-methyl/N-ethyl adjacent to an activating group) is 2. The highest BCUT2D eigenvalue weighted by Gasteiger charge is 2.34. The van der Waals surface area contributed by atoms with Crippen LogP contribution in [0, 0.1) is 0 Å². The van der Waals surface area contributed by atoms with E-state index in [1.807, 2.05) is 49.5 Å². The Kier molecular flexibility index (Phi) is 7.62. The maximum Gasteiger partial charge on any atom is 0.244 e. The number of phenolic OH excluding ortho intramolecular Hbond substituents is 1. The van der Waals surface area contributed by atoms with Gasteiger partial charge in [0.2, 0.25) is 12.7 Å². The van der Waals surface area contributed by atoms with Crippen LogP contribution in [0.2, 0.25) is 0 Å². The molecular weight excluding hydrogens is 492 g/mol. The zero-order valence-electron chi connectivity index (χ0n) is 20.9. The number of carbonyl (C=O) groups excluding carboxylic acids is 1.